The summed E-state index contributed by atoms with van der Waals surface area (Å²) in [6.07, 6.45) is 0. The van der Waals surface area contributed by atoms with Crippen molar-refractivity contribution in [2.24, 2.45) is 5.92 Å². The Morgan fingerprint density at radius 1 is 1.05 bits per heavy atom. The molecule has 1 heterocycles. The Hall–Kier alpha value is -2.17. The molecule has 0 radical (unpaired) electrons. The molecular weight excluding hydrogens is 258 g/mol. The summed E-state index contributed by atoms with van der Waals surface area (Å²) in [5.41, 5.74) is 2.28. The lowest BCUT2D eigenvalue weighted by Gasteiger charge is -2.25. The van der Waals surface area contributed by atoms with Crippen LogP contribution < -0.4 is 0 Å². The highest BCUT2D eigenvalue weighted by Crippen LogP contribution is 2.31. The number of imide groups is 1. The molecule has 0 aromatic heterocycles. The highest BCUT2D eigenvalue weighted by Gasteiger charge is 2.42. The van der Waals surface area contributed by atoms with Crippen LogP contribution in [-0.4, -0.2) is 33.8 Å². The summed E-state index contributed by atoms with van der Waals surface area (Å²) in [5, 5.41) is 9.06. The van der Waals surface area contributed by atoms with Gasteiger partial charge in [-0.25, -0.2) is 0 Å². The van der Waals surface area contributed by atoms with E-state index in [-0.39, 0.29) is 0 Å². The second-order valence-corrected chi connectivity index (χ2v) is 5.30. The molecule has 106 valence electrons. The first-order valence-electron chi connectivity index (χ1n) is 6.48. The monoisotopic (exact) mass is 275 g/mol. The largest absolute Gasteiger partial charge is 0.481 e. The SMILES string of the molecule is Cc1ccc(C)c2c1C(=O)N(C(C)C(C)C(=O)O)C2=O. The van der Waals surface area contributed by atoms with Gasteiger partial charge in [0, 0.05) is 0 Å². The third-order valence-corrected chi connectivity index (χ3v) is 4.01. The number of amides is 2. The molecule has 2 atom stereocenters. The second-order valence-electron chi connectivity index (χ2n) is 5.30. The third kappa shape index (κ3) is 1.90. The smallest absolute Gasteiger partial charge is 0.308 e. The number of rotatable bonds is 3. The maximum atomic E-state index is 12.5. The number of fused-ring (bicyclic) bond motifs is 1. The summed E-state index contributed by atoms with van der Waals surface area (Å²) in [6, 6.07) is 2.92. The number of hydrogen-bond donors (Lipinski definition) is 1. The number of nitrogens with zero attached hydrogens (tertiary/aromatic N) is 1. The van der Waals surface area contributed by atoms with Crippen molar-refractivity contribution in [2.45, 2.75) is 33.7 Å². The van der Waals surface area contributed by atoms with Gasteiger partial charge in [-0.05, 0) is 38.8 Å². The summed E-state index contributed by atoms with van der Waals surface area (Å²) in [6.45, 7) is 6.64. The fraction of sp³-hybridized carbons (Fsp3) is 0.400. The van der Waals surface area contributed by atoms with Gasteiger partial charge < -0.3 is 5.11 Å². The zero-order valence-corrected chi connectivity index (χ0v) is 11.9. The van der Waals surface area contributed by atoms with Crippen molar-refractivity contribution in [3.8, 4) is 0 Å². The molecule has 2 rings (SSSR count). The van der Waals surface area contributed by atoms with Crippen LogP contribution in [0.3, 0.4) is 0 Å². The highest BCUT2D eigenvalue weighted by atomic mass is 16.4. The van der Waals surface area contributed by atoms with Crippen LogP contribution in [0, 0.1) is 19.8 Å². The van der Waals surface area contributed by atoms with E-state index in [9.17, 15) is 14.4 Å². The van der Waals surface area contributed by atoms with Gasteiger partial charge in [0.05, 0.1) is 23.1 Å². The third-order valence-electron chi connectivity index (χ3n) is 4.01. The van der Waals surface area contributed by atoms with Gasteiger partial charge in [-0.3, -0.25) is 19.3 Å². The molecule has 1 aliphatic rings. The van der Waals surface area contributed by atoms with Crippen LogP contribution in [0.25, 0.3) is 0 Å². The van der Waals surface area contributed by atoms with Crippen LogP contribution in [0.5, 0.6) is 0 Å². The van der Waals surface area contributed by atoms with Crippen LogP contribution in [0.15, 0.2) is 12.1 Å². The summed E-state index contributed by atoms with van der Waals surface area (Å²) in [5.74, 6) is -2.63. The van der Waals surface area contributed by atoms with E-state index in [2.05, 4.69) is 0 Å². The lowest BCUT2D eigenvalue weighted by atomic mass is 9.99. The Balaban J connectivity index is 2.50. The first-order chi connectivity index (χ1) is 9.27. The highest BCUT2D eigenvalue weighted by molar-refractivity contribution is 6.23. The average Bonchev–Trinajstić information content (AvgIpc) is 2.65. The predicted octanol–water partition coefficient (Wildman–Crippen LogP) is 2.01. The first kappa shape index (κ1) is 14.2. The molecule has 5 heteroatoms. The first-order valence-corrected chi connectivity index (χ1v) is 6.48. The van der Waals surface area contributed by atoms with Crippen molar-refractivity contribution in [3.63, 3.8) is 0 Å². The number of aryl methyl sites for hydroxylation is 2. The Morgan fingerprint density at radius 2 is 1.45 bits per heavy atom. The van der Waals surface area contributed by atoms with E-state index in [1.54, 1.807) is 32.9 Å². The minimum Gasteiger partial charge on any atom is -0.481 e. The number of aliphatic carboxylic acids is 1. The number of carbonyl (C=O) groups excluding carboxylic acids is 2. The fourth-order valence-electron chi connectivity index (χ4n) is 2.50. The standard InChI is InChI=1S/C15H17NO4/c1-7-5-6-8(2)12-11(7)13(17)16(14(12)18)10(4)9(3)15(19)20/h5-6,9-10H,1-4H3,(H,19,20). The van der Waals surface area contributed by atoms with Crippen LogP contribution in [-0.2, 0) is 4.79 Å². The normalized spacial score (nSPS) is 17.1. The van der Waals surface area contributed by atoms with Crippen molar-refractivity contribution in [1.29, 1.82) is 0 Å². The second kappa shape index (κ2) is 4.74. The zero-order chi connectivity index (χ0) is 15.2. The number of carbonyl (C=O) groups is 3. The minimum atomic E-state index is -1.03. The van der Waals surface area contributed by atoms with Crippen LogP contribution in [0.2, 0.25) is 0 Å². The summed E-state index contributed by atoms with van der Waals surface area (Å²) in [7, 11) is 0. The fourth-order valence-corrected chi connectivity index (χ4v) is 2.50. The van der Waals surface area contributed by atoms with Gasteiger partial charge in [-0.1, -0.05) is 12.1 Å². The molecule has 2 amide bonds. The predicted molar refractivity (Wildman–Crippen MR) is 72.7 cm³/mol. The van der Waals surface area contributed by atoms with E-state index in [0.717, 1.165) is 16.0 Å². The molecule has 0 saturated heterocycles. The van der Waals surface area contributed by atoms with Gasteiger partial charge in [-0.15, -0.1) is 0 Å². The van der Waals surface area contributed by atoms with Crippen molar-refractivity contribution in [3.05, 3.63) is 34.4 Å². The summed E-state index contributed by atoms with van der Waals surface area (Å²) in [4.78, 5) is 37.1. The van der Waals surface area contributed by atoms with E-state index in [0.29, 0.717) is 11.1 Å². The maximum Gasteiger partial charge on any atom is 0.308 e. The van der Waals surface area contributed by atoms with Crippen LogP contribution in [0.1, 0.15) is 45.7 Å². The maximum absolute atomic E-state index is 12.5. The lowest BCUT2D eigenvalue weighted by molar-refractivity contribution is -0.142. The van der Waals surface area contributed by atoms with Gasteiger partial charge in [0.25, 0.3) is 11.8 Å². The van der Waals surface area contributed by atoms with Crippen LogP contribution >= 0.6 is 0 Å². The average molecular weight is 275 g/mol. The van der Waals surface area contributed by atoms with Gasteiger partial charge in [0.15, 0.2) is 0 Å². The van der Waals surface area contributed by atoms with Crippen molar-refractivity contribution >= 4 is 17.8 Å². The van der Waals surface area contributed by atoms with Gasteiger partial charge >= 0.3 is 5.97 Å². The molecule has 5 nitrogen and oxygen atoms in total. The Bertz CT molecular complexity index is 580. The summed E-state index contributed by atoms with van der Waals surface area (Å²) >= 11 is 0. The molecule has 20 heavy (non-hydrogen) atoms. The number of carboxylic acid groups (broad SMARTS) is 1. The molecule has 1 aromatic carbocycles. The summed E-state index contributed by atoms with van der Waals surface area (Å²) < 4.78 is 0. The van der Waals surface area contributed by atoms with Crippen molar-refractivity contribution in [1.82, 2.24) is 4.90 Å². The van der Waals surface area contributed by atoms with E-state index in [1.807, 2.05) is 0 Å². The number of carboxylic acids is 1. The molecule has 0 spiro atoms. The molecule has 0 fully saturated rings. The number of hydrogen-bond acceptors (Lipinski definition) is 3. The topological polar surface area (TPSA) is 74.7 Å². The zero-order valence-electron chi connectivity index (χ0n) is 11.9. The molecule has 0 bridgehead atoms. The molecule has 1 aliphatic heterocycles. The van der Waals surface area contributed by atoms with Crippen molar-refractivity contribution in [2.75, 3.05) is 0 Å². The Morgan fingerprint density at radius 3 is 1.80 bits per heavy atom. The minimum absolute atomic E-state index is 0.396. The molecule has 1 aromatic rings. The molecule has 0 aliphatic carbocycles. The molecule has 1 N–H and O–H groups in total. The van der Waals surface area contributed by atoms with Gasteiger partial charge in [0.1, 0.15) is 0 Å². The Labute approximate surface area is 117 Å². The molecular formula is C15H17NO4. The van der Waals surface area contributed by atoms with E-state index < -0.39 is 29.7 Å². The van der Waals surface area contributed by atoms with E-state index in [1.165, 1.54) is 6.92 Å². The quantitative estimate of drug-likeness (QED) is 0.856. The van der Waals surface area contributed by atoms with Crippen molar-refractivity contribution < 1.29 is 19.5 Å². The lowest BCUT2D eigenvalue weighted by Crippen LogP contribution is -2.44. The van der Waals surface area contributed by atoms with Gasteiger partial charge in [-0.2, -0.15) is 0 Å². The van der Waals surface area contributed by atoms with Gasteiger partial charge in [0.2, 0.25) is 0 Å². The Kier molecular flexibility index (Phi) is 3.38. The molecule has 0 saturated carbocycles. The van der Waals surface area contributed by atoms with E-state index in [4.69, 9.17) is 5.11 Å². The number of benzene rings is 1. The van der Waals surface area contributed by atoms with E-state index >= 15 is 0 Å². The van der Waals surface area contributed by atoms with Crippen LogP contribution in [0.4, 0.5) is 0 Å². The molecule has 2 unspecified atom stereocenters.